The first-order valence-corrected chi connectivity index (χ1v) is 9.93. The summed E-state index contributed by atoms with van der Waals surface area (Å²) in [5, 5.41) is 16.7. The van der Waals surface area contributed by atoms with E-state index >= 15 is 0 Å². The van der Waals surface area contributed by atoms with Crippen LogP contribution in [0, 0.1) is 0 Å². The van der Waals surface area contributed by atoms with Crippen LogP contribution in [0.25, 0.3) is 0 Å². The van der Waals surface area contributed by atoms with Gasteiger partial charge in [0.05, 0.1) is 31.0 Å². The summed E-state index contributed by atoms with van der Waals surface area (Å²) in [4.78, 5) is 15.1. The molecule has 1 heterocycles. The Kier molecular flexibility index (Phi) is 6.47. The average Bonchev–Trinajstić information content (AvgIpc) is 2.73. The quantitative estimate of drug-likeness (QED) is 0.608. The van der Waals surface area contributed by atoms with Crippen molar-refractivity contribution in [2.75, 3.05) is 26.1 Å². The van der Waals surface area contributed by atoms with Gasteiger partial charge in [0.15, 0.2) is 16.6 Å². The summed E-state index contributed by atoms with van der Waals surface area (Å²) < 4.78 is 10.9. The molecule has 8 heteroatoms. The zero-order valence-electron chi connectivity index (χ0n) is 17.4. The van der Waals surface area contributed by atoms with Crippen LogP contribution in [0.4, 0.5) is 5.69 Å². The van der Waals surface area contributed by atoms with E-state index in [1.54, 1.807) is 49.4 Å². The molecule has 1 atom stereocenters. The van der Waals surface area contributed by atoms with E-state index < -0.39 is 6.04 Å². The van der Waals surface area contributed by atoms with Gasteiger partial charge in [-0.2, -0.15) is 0 Å². The maximum absolute atomic E-state index is 13.3. The number of nitrogens with one attached hydrogen (secondary N) is 2. The fraction of sp³-hybridized carbons (Fsp3) is 0.273. The fourth-order valence-electron chi connectivity index (χ4n) is 3.30. The number of ether oxygens (including phenoxy) is 2. The van der Waals surface area contributed by atoms with Crippen LogP contribution in [0.15, 0.2) is 53.7 Å². The van der Waals surface area contributed by atoms with Gasteiger partial charge in [-0.15, -0.1) is 0 Å². The van der Waals surface area contributed by atoms with Gasteiger partial charge in [-0.1, -0.05) is 18.2 Å². The SMILES string of the molecule is CCOc1cc(C2NC(=S)N(C)C(C)=C2C(=O)Nc2ccccc2OC)ccc1O. The largest absolute Gasteiger partial charge is 0.504 e. The van der Waals surface area contributed by atoms with Crippen LogP contribution >= 0.6 is 12.2 Å². The van der Waals surface area contributed by atoms with Crippen molar-refractivity contribution >= 4 is 28.9 Å². The molecule has 0 saturated carbocycles. The Hall–Kier alpha value is -3.26. The van der Waals surface area contributed by atoms with E-state index in [-0.39, 0.29) is 11.7 Å². The zero-order chi connectivity index (χ0) is 21.8. The third-order valence-electron chi connectivity index (χ3n) is 4.97. The molecule has 2 aromatic rings. The second-order valence-electron chi connectivity index (χ2n) is 6.76. The summed E-state index contributed by atoms with van der Waals surface area (Å²) >= 11 is 5.45. The molecule has 1 amide bonds. The number of thiocarbonyl (C=S) groups is 1. The number of aromatic hydroxyl groups is 1. The number of amides is 1. The number of rotatable bonds is 6. The lowest BCUT2D eigenvalue weighted by Crippen LogP contribution is -2.46. The van der Waals surface area contributed by atoms with Gasteiger partial charge < -0.3 is 30.1 Å². The van der Waals surface area contributed by atoms with Gasteiger partial charge in [0.2, 0.25) is 0 Å². The minimum Gasteiger partial charge on any atom is -0.504 e. The molecule has 0 fully saturated rings. The first kappa shape index (κ1) is 21.4. The van der Waals surface area contributed by atoms with Crippen molar-refractivity contribution in [2.24, 2.45) is 0 Å². The molecule has 0 saturated heterocycles. The number of hydrogen-bond donors (Lipinski definition) is 3. The molecule has 0 aliphatic carbocycles. The Bertz CT molecular complexity index is 1010. The number of allylic oxidation sites excluding steroid dienone is 1. The first-order valence-electron chi connectivity index (χ1n) is 9.52. The van der Waals surface area contributed by atoms with E-state index in [0.29, 0.717) is 34.5 Å². The number of methoxy groups -OCH3 is 1. The average molecular weight is 428 g/mol. The van der Waals surface area contributed by atoms with Crippen molar-refractivity contribution in [3.05, 3.63) is 59.3 Å². The predicted octanol–water partition coefficient (Wildman–Crippen LogP) is 3.57. The second-order valence-corrected chi connectivity index (χ2v) is 7.14. The number of carbonyl (C=O) groups excluding carboxylic acids is 1. The van der Waals surface area contributed by atoms with Crippen LogP contribution < -0.4 is 20.1 Å². The van der Waals surface area contributed by atoms with E-state index in [1.165, 1.54) is 0 Å². The molecule has 0 aromatic heterocycles. The van der Waals surface area contributed by atoms with Crippen LogP contribution in [-0.4, -0.2) is 41.8 Å². The van der Waals surface area contributed by atoms with Crippen LogP contribution in [-0.2, 0) is 4.79 Å². The highest BCUT2D eigenvalue weighted by atomic mass is 32.1. The molecule has 1 unspecified atom stereocenters. The van der Waals surface area contributed by atoms with Crippen molar-refractivity contribution in [2.45, 2.75) is 19.9 Å². The van der Waals surface area contributed by atoms with Gasteiger partial charge in [0.1, 0.15) is 5.75 Å². The predicted molar refractivity (Wildman–Crippen MR) is 120 cm³/mol. The van der Waals surface area contributed by atoms with Gasteiger partial charge in [-0.05, 0) is 55.9 Å². The smallest absolute Gasteiger partial charge is 0.255 e. The van der Waals surface area contributed by atoms with E-state index in [9.17, 15) is 9.90 Å². The third-order valence-corrected chi connectivity index (χ3v) is 5.36. The molecule has 7 nitrogen and oxygen atoms in total. The maximum atomic E-state index is 13.3. The molecule has 158 valence electrons. The highest BCUT2D eigenvalue weighted by Crippen LogP contribution is 2.36. The second kappa shape index (κ2) is 9.04. The summed E-state index contributed by atoms with van der Waals surface area (Å²) in [6.07, 6.45) is 0. The van der Waals surface area contributed by atoms with E-state index in [2.05, 4.69) is 10.6 Å². The van der Waals surface area contributed by atoms with E-state index in [1.807, 2.05) is 26.0 Å². The van der Waals surface area contributed by atoms with Crippen molar-refractivity contribution < 1.29 is 19.4 Å². The summed E-state index contributed by atoms with van der Waals surface area (Å²) in [5.74, 6) is 0.673. The Morgan fingerprint density at radius 2 is 2.00 bits per heavy atom. The van der Waals surface area contributed by atoms with Crippen LogP contribution in [0.1, 0.15) is 25.5 Å². The topological polar surface area (TPSA) is 83.1 Å². The highest BCUT2D eigenvalue weighted by molar-refractivity contribution is 7.80. The highest BCUT2D eigenvalue weighted by Gasteiger charge is 2.33. The molecule has 1 aliphatic heterocycles. The summed E-state index contributed by atoms with van der Waals surface area (Å²) in [6, 6.07) is 11.7. The van der Waals surface area contributed by atoms with Crippen molar-refractivity contribution in [3.63, 3.8) is 0 Å². The number of para-hydroxylation sites is 2. The standard InChI is InChI=1S/C22H25N3O4S/c1-5-29-18-12-14(10-11-16(18)26)20-19(13(2)25(3)22(30)24-20)21(27)23-15-8-6-7-9-17(15)28-4/h6-12,20,26H,5H2,1-4H3,(H,23,27)(H,24,30). The zero-order valence-corrected chi connectivity index (χ0v) is 18.2. The van der Waals surface area contributed by atoms with Crippen molar-refractivity contribution in [1.29, 1.82) is 0 Å². The molecule has 30 heavy (non-hydrogen) atoms. The van der Waals surface area contributed by atoms with Gasteiger partial charge >= 0.3 is 0 Å². The Labute approximate surface area is 181 Å². The maximum Gasteiger partial charge on any atom is 0.255 e. The van der Waals surface area contributed by atoms with Crippen molar-refractivity contribution in [1.82, 2.24) is 10.2 Å². The number of hydrogen-bond acceptors (Lipinski definition) is 5. The summed E-state index contributed by atoms with van der Waals surface area (Å²) in [6.45, 7) is 4.10. The molecule has 0 bridgehead atoms. The Balaban J connectivity index is 2.03. The number of anilines is 1. The lowest BCUT2D eigenvalue weighted by Gasteiger charge is -2.36. The first-order chi connectivity index (χ1) is 14.4. The van der Waals surface area contributed by atoms with Gasteiger partial charge in [0.25, 0.3) is 5.91 Å². The molecular formula is C22H25N3O4S. The van der Waals surface area contributed by atoms with Gasteiger partial charge in [-0.25, -0.2) is 0 Å². The molecule has 3 N–H and O–H groups in total. The minimum atomic E-state index is -0.511. The number of carbonyl (C=O) groups is 1. The molecule has 2 aromatic carbocycles. The summed E-state index contributed by atoms with van der Waals surface area (Å²) in [5.41, 5.74) is 2.55. The van der Waals surface area contributed by atoms with Crippen LogP contribution in [0.3, 0.4) is 0 Å². The van der Waals surface area contributed by atoms with Crippen LogP contribution in [0.5, 0.6) is 17.2 Å². The normalized spacial score (nSPS) is 16.2. The monoisotopic (exact) mass is 427 g/mol. The lowest BCUT2D eigenvalue weighted by molar-refractivity contribution is -0.113. The number of benzene rings is 2. The van der Waals surface area contributed by atoms with Gasteiger partial charge in [0, 0.05) is 12.7 Å². The van der Waals surface area contributed by atoms with Crippen molar-refractivity contribution in [3.8, 4) is 17.2 Å². The Morgan fingerprint density at radius 1 is 1.27 bits per heavy atom. The fourth-order valence-corrected chi connectivity index (χ4v) is 3.55. The molecule has 3 rings (SSSR count). The molecule has 1 aliphatic rings. The number of phenolic OH excluding ortho intramolecular Hbond substituents is 1. The molecule has 0 spiro atoms. The van der Waals surface area contributed by atoms with E-state index in [4.69, 9.17) is 21.7 Å². The summed E-state index contributed by atoms with van der Waals surface area (Å²) in [7, 11) is 3.36. The lowest BCUT2D eigenvalue weighted by atomic mass is 9.94. The molecular weight excluding hydrogens is 402 g/mol. The molecule has 0 radical (unpaired) electrons. The van der Waals surface area contributed by atoms with Crippen LogP contribution in [0.2, 0.25) is 0 Å². The minimum absolute atomic E-state index is 0.0387. The number of phenols is 1. The van der Waals surface area contributed by atoms with E-state index in [0.717, 1.165) is 11.3 Å². The Morgan fingerprint density at radius 3 is 2.70 bits per heavy atom. The van der Waals surface area contributed by atoms with Gasteiger partial charge in [-0.3, -0.25) is 4.79 Å². The number of nitrogens with zero attached hydrogens (tertiary/aromatic N) is 1. The third kappa shape index (κ3) is 4.18.